The topological polar surface area (TPSA) is 101 Å². The SMILES string of the molecule is CCC1(O)CN(S(=O)(=O)c2ccc(C)c(C(N)=O)c2)C1. The molecular formula is C13H18N2O4S. The molecule has 1 aromatic rings. The van der Waals surface area contributed by atoms with Crippen LogP contribution in [0.3, 0.4) is 0 Å². The van der Waals surface area contributed by atoms with Crippen molar-refractivity contribution in [3.05, 3.63) is 29.3 Å². The average Bonchev–Trinajstić information content (AvgIpc) is 2.34. The number of nitrogens with zero attached hydrogens (tertiary/aromatic N) is 1. The molecule has 1 saturated heterocycles. The molecule has 1 aliphatic rings. The molecule has 2 rings (SSSR count). The van der Waals surface area contributed by atoms with Gasteiger partial charge in [0.05, 0.1) is 10.5 Å². The second-order valence-electron chi connectivity index (χ2n) is 5.19. The molecule has 110 valence electrons. The van der Waals surface area contributed by atoms with Crippen LogP contribution in [0.15, 0.2) is 23.1 Å². The van der Waals surface area contributed by atoms with Gasteiger partial charge in [0.2, 0.25) is 15.9 Å². The van der Waals surface area contributed by atoms with Gasteiger partial charge in [0.25, 0.3) is 0 Å². The van der Waals surface area contributed by atoms with Gasteiger partial charge in [-0.15, -0.1) is 0 Å². The van der Waals surface area contributed by atoms with Gasteiger partial charge in [0.1, 0.15) is 0 Å². The zero-order valence-corrected chi connectivity index (χ0v) is 12.3. The Kier molecular flexibility index (Phi) is 3.62. The summed E-state index contributed by atoms with van der Waals surface area (Å²) in [6, 6.07) is 4.29. The third kappa shape index (κ3) is 2.44. The molecule has 7 heteroatoms. The predicted molar refractivity (Wildman–Crippen MR) is 73.7 cm³/mol. The number of primary amides is 1. The highest BCUT2D eigenvalue weighted by atomic mass is 32.2. The highest BCUT2D eigenvalue weighted by Crippen LogP contribution is 2.30. The van der Waals surface area contributed by atoms with E-state index in [2.05, 4.69) is 0 Å². The molecule has 1 aliphatic heterocycles. The molecule has 20 heavy (non-hydrogen) atoms. The van der Waals surface area contributed by atoms with E-state index in [4.69, 9.17) is 5.73 Å². The molecule has 0 unspecified atom stereocenters. The molecular weight excluding hydrogens is 280 g/mol. The van der Waals surface area contributed by atoms with Crippen molar-refractivity contribution in [1.82, 2.24) is 4.31 Å². The van der Waals surface area contributed by atoms with Crippen LogP contribution in [0.2, 0.25) is 0 Å². The summed E-state index contributed by atoms with van der Waals surface area (Å²) in [6.07, 6.45) is 0.499. The van der Waals surface area contributed by atoms with Crippen LogP contribution in [0.4, 0.5) is 0 Å². The van der Waals surface area contributed by atoms with Gasteiger partial charge in [-0.3, -0.25) is 4.79 Å². The minimum atomic E-state index is -3.69. The van der Waals surface area contributed by atoms with Gasteiger partial charge in [-0.25, -0.2) is 8.42 Å². The summed E-state index contributed by atoms with van der Waals surface area (Å²) in [5, 5.41) is 9.91. The number of benzene rings is 1. The Labute approximate surface area is 118 Å². The summed E-state index contributed by atoms with van der Waals surface area (Å²) >= 11 is 0. The van der Waals surface area contributed by atoms with Crippen molar-refractivity contribution in [2.75, 3.05) is 13.1 Å². The Morgan fingerprint density at radius 2 is 2.05 bits per heavy atom. The fraction of sp³-hybridized carbons (Fsp3) is 0.462. The molecule has 0 saturated carbocycles. The zero-order chi connectivity index (χ0) is 15.1. The summed E-state index contributed by atoms with van der Waals surface area (Å²) in [4.78, 5) is 11.3. The molecule has 1 heterocycles. The first-order valence-corrected chi connectivity index (χ1v) is 7.76. The molecule has 0 radical (unpaired) electrons. The minimum absolute atomic E-state index is 0.0232. The maximum atomic E-state index is 12.4. The molecule has 0 spiro atoms. The number of carbonyl (C=O) groups is 1. The number of amides is 1. The number of aryl methyl sites for hydroxylation is 1. The number of hydrogen-bond donors (Lipinski definition) is 2. The number of rotatable bonds is 4. The summed E-state index contributed by atoms with van der Waals surface area (Å²) in [5.41, 5.74) is 5.11. The standard InChI is InChI=1S/C13H18N2O4S/c1-3-13(17)7-15(8-13)20(18,19)10-5-4-9(2)11(6-10)12(14)16/h4-6,17H,3,7-8H2,1-2H3,(H2,14,16). The van der Waals surface area contributed by atoms with Gasteiger partial charge in [0, 0.05) is 18.7 Å². The predicted octanol–water partition coefficient (Wildman–Crippen LogP) is 0.239. The lowest BCUT2D eigenvalue weighted by Gasteiger charge is -2.44. The van der Waals surface area contributed by atoms with Crippen molar-refractivity contribution in [3.63, 3.8) is 0 Å². The lowest BCUT2D eigenvalue weighted by atomic mass is 9.94. The van der Waals surface area contributed by atoms with Crippen molar-refractivity contribution in [1.29, 1.82) is 0 Å². The number of sulfonamides is 1. The Bertz CT molecular complexity index is 648. The average molecular weight is 298 g/mol. The molecule has 1 fully saturated rings. The monoisotopic (exact) mass is 298 g/mol. The first-order valence-electron chi connectivity index (χ1n) is 6.32. The third-order valence-electron chi connectivity index (χ3n) is 3.71. The van der Waals surface area contributed by atoms with E-state index in [0.29, 0.717) is 12.0 Å². The van der Waals surface area contributed by atoms with Crippen LogP contribution in [0.25, 0.3) is 0 Å². The highest BCUT2D eigenvalue weighted by molar-refractivity contribution is 7.89. The second-order valence-corrected chi connectivity index (χ2v) is 7.13. The fourth-order valence-corrected chi connectivity index (χ4v) is 3.81. The number of hydrogen-bond acceptors (Lipinski definition) is 4. The molecule has 3 N–H and O–H groups in total. The van der Waals surface area contributed by atoms with Crippen LogP contribution in [0.1, 0.15) is 29.3 Å². The van der Waals surface area contributed by atoms with Gasteiger partial charge in [0.15, 0.2) is 0 Å². The summed E-state index contributed by atoms with van der Waals surface area (Å²) in [5.74, 6) is -0.659. The van der Waals surface area contributed by atoms with Crippen LogP contribution in [0.5, 0.6) is 0 Å². The molecule has 1 amide bonds. The van der Waals surface area contributed by atoms with Crippen molar-refractivity contribution < 1.29 is 18.3 Å². The van der Waals surface area contributed by atoms with Crippen molar-refractivity contribution in [2.45, 2.75) is 30.8 Å². The first-order chi connectivity index (χ1) is 9.19. The number of carbonyl (C=O) groups excluding carboxylic acids is 1. The van der Waals surface area contributed by atoms with E-state index in [1.807, 2.05) is 0 Å². The molecule has 0 aliphatic carbocycles. The maximum absolute atomic E-state index is 12.4. The van der Waals surface area contributed by atoms with Crippen LogP contribution >= 0.6 is 0 Å². The Morgan fingerprint density at radius 3 is 2.55 bits per heavy atom. The van der Waals surface area contributed by atoms with E-state index in [-0.39, 0.29) is 23.5 Å². The van der Waals surface area contributed by atoms with Crippen LogP contribution in [-0.2, 0) is 10.0 Å². The van der Waals surface area contributed by atoms with Crippen LogP contribution < -0.4 is 5.73 Å². The van der Waals surface area contributed by atoms with Crippen molar-refractivity contribution in [3.8, 4) is 0 Å². The molecule has 1 aromatic carbocycles. The van der Waals surface area contributed by atoms with Crippen LogP contribution in [-0.4, -0.2) is 42.4 Å². The van der Waals surface area contributed by atoms with Crippen molar-refractivity contribution >= 4 is 15.9 Å². The number of nitrogens with two attached hydrogens (primary N) is 1. The van der Waals surface area contributed by atoms with Gasteiger partial charge in [-0.05, 0) is 31.0 Å². The van der Waals surface area contributed by atoms with E-state index in [0.717, 1.165) is 0 Å². The van der Waals surface area contributed by atoms with Gasteiger partial charge in [-0.1, -0.05) is 13.0 Å². The Hall–Kier alpha value is -1.44. The molecule has 0 aromatic heterocycles. The smallest absolute Gasteiger partial charge is 0.249 e. The Morgan fingerprint density at radius 1 is 1.45 bits per heavy atom. The quantitative estimate of drug-likeness (QED) is 0.831. The van der Waals surface area contributed by atoms with E-state index >= 15 is 0 Å². The maximum Gasteiger partial charge on any atom is 0.249 e. The Balaban J connectivity index is 2.32. The normalized spacial score (nSPS) is 18.6. The molecule has 0 atom stereocenters. The fourth-order valence-electron chi connectivity index (χ4n) is 2.18. The van der Waals surface area contributed by atoms with Gasteiger partial charge < -0.3 is 10.8 Å². The lowest BCUT2D eigenvalue weighted by Crippen LogP contribution is -2.62. The summed E-state index contributed by atoms with van der Waals surface area (Å²) in [7, 11) is -3.69. The van der Waals surface area contributed by atoms with Crippen molar-refractivity contribution in [2.24, 2.45) is 5.73 Å². The largest absolute Gasteiger partial charge is 0.387 e. The van der Waals surface area contributed by atoms with E-state index in [1.54, 1.807) is 19.9 Å². The minimum Gasteiger partial charge on any atom is -0.387 e. The zero-order valence-electron chi connectivity index (χ0n) is 11.5. The summed E-state index contributed by atoms with van der Waals surface area (Å²) < 4.78 is 25.9. The lowest BCUT2D eigenvalue weighted by molar-refractivity contribution is -0.0613. The molecule has 6 nitrogen and oxygen atoms in total. The van der Waals surface area contributed by atoms with E-state index in [9.17, 15) is 18.3 Å². The van der Waals surface area contributed by atoms with E-state index < -0.39 is 21.5 Å². The summed E-state index contributed by atoms with van der Waals surface area (Å²) in [6.45, 7) is 3.65. The number of β-amino-alcohol motifs (C(OH)–C–C–N with tert-alkyl or cyclic N) is 1. The molecule has 0 bridgehead atoms. The van der Waals surface area contributed by atoms with Crippen LogP contribution in [0, 0.1) is 6.92 Å². The number of aliphatic hydroxyl groups is 1. The van der Waals surface area contributed by atoms with E-state index in [1.165, 1.54) is 16.4 Å². The van der Waals surface area contributed by atoms with Gasteiger partial charge in [-0.2, -0.15) is 4.31 Å². The second kappa shape index (κ2) is 4.83. The third-order valence-corrected chi connectivity index (χ3v) is 5.50. The first kappa shape index (κ1) is 15.0. The van der Waals surface area contributed by atoms with Gasteiger partial charge >= 0.3 is 0 Å². The highest BCUT2D eigenvalue weighted by Gasteiger charge is 2.46.